The van der Waals surface area contributed by atoms with E-state index in [0.29, 0.717) is 11.1 Å². The second kappa shape index (κ2) is 6.67. The molecule has 1 aromatic heterocycles. The molecule has 1 aromatic carbocycles. The van der Waals surface area contributed by atoms with Gasteiger partial charge in [-0.05, 0) is 25.0 Å². The molecular formula is C18H20ClFN4O. The quantitative estimate of drug-likeness (QED) is 0.779. The molecule has 4 rings (SSSR count). The van der Waals surface area contributed by atoms with Crippen LogP contribution in [0.3, 0.4) is 0 Å². The van der Waals surface area contributed by atoms with E-state index < -0.39 is 0 Å². The standard InChI is InChI=1S/C18H20ClFN4O/c1-25-15-5-4-13(10-14(15)20)23-6-8-24(9-7-23)17-11-16(19)21-18(22-17)12-2-3-12/h4-5,10-12H,2-3,6-9H2,1H3. The Morgan fingerprint density at radius 1 is 1.08 bits per heavy atom. The Kier molecular flexibility index (Phi) is 4.37. The van der Waals surface area contributed by atoms with E-state index in [0.717, 1.165) is 56.4 Å². The van der Waals surface area contributed by atoms with Crippen LogP contribution in [0.4, 0.5) is 15.9 Å². The Bertz CT molecular complexity index is 776. The lowest BCUT2D eigenvalue weighted by molar-refractivity contribution is 0.386. The molecular weight excluding hydrogens is 343 g/mol. The van der Waals surface area contributed by atoms with Gasteiger partial charge in [0.1, 0.15) is 16.8 Å². The number of hydrogen-bond donors (Lipinski definition) is 0. The summed E-state index contributed by atoms with van der Waals surface area (Å²) < 4.78 is 18.9. The van der Waals surface area contributed by atoms with E-state index in [-0.39, 0.29) is 11.6 Å². The van der Waals surface area contributed by atoms with Crippen molar-refractivity contribution in [1.29, 1.82) is 0 Å². The third-order valence-corrected chi connectivity index (χ3v) is 4.94. The van der Waals surface area contributed by atoms with Crippen molar-refractivity contribution < 1.29 is 9.13 Å². The molecule has 7 heteroatoms. The van der Waals surface area contributed by atoms with Gasteiger partial charge in [-0.1, -0.05) is 11.6 Å². The number of nitrogens with zero attached hydrogens (tertiary/aromatic N) is 4. The first-order chi connectivity index (χ1) is 12.1. The molecule has 25 heavy (non-hydrogen) atoms. The summed E-state index contributed by atoms with van der Waals surface area (Å²) in [6, 6.07) is 6.92. The third-order valence-electron chi connectivity index (χ3n) is 4.75. The maximum absolute atomic E-state index is 13.9. The van der Waals surface area contributed by atoms with Crippen molar-refractivity contribution >= 4 is 23.1 Å². The zero-order chi connectivity index (χ0) is 17.4. The van der Waals surface area contributed by atoms with Crippen LogP contribution in [0.2, 0.25) is 5.15 Å². The Morgan fingerprint density at radius 3 is 2.44 bits per heavy atom. The van der Waals surface area contributed by atoms with Crippen LogP contribution in [0.1, 0.15) is 24.6 Å². The second-order valence-electron chi connectivity index (χ2n) is 6.47. The molecule has 1 aliphatic carbocycles. The van der Waals surface area contributed by atoms with E-state index in [4.69, 9.17) is 16.3 Å². The smallest absolute Gasteiger partial charge is 0.167 e. The largest absolute Gasteiger partial charge is 0.494 e. The third kappa shape index (κ3) is 3.49. The summed E-state index contributed by atoms with van der Waals surface area (Å²) in [5.41, 5.74) is 0.873. The molecule has 2 heterocycles. The minimum Gasteiger partial charge on any atom is -0.494 e. The normalized spacial score (nSPS) is 17.7. The van der Waals surface area contributed by atoms with E-state index in [1.54, 1.807) is 6.07 Å². The Hall–Kier alpha value is -2.08. The predicted octanol–water partition coefficient (Wildman–Crippen LogP) is 3.48. The number of anilines is 2. The van der Waals surface area contributed by atoms with Crippen LogP contribution in [0.15, 0.2) is 24.3 Å². The molecule has 0 spiro atoms. The van der Waals surface area contributed by atoms with Crippen LogP contribution in [-0.2, 0) is 0 Å². The van der Waals surface area contributed by atoms with Gasteiger partial charge >= 0.3 is 0 Å². The molecule has 0 atom stereocenters. The summed E-state index contributed by atoms with van der Waals surface area (Å²) in [5.74, 6) is 2.16. The minimum atomic E-state index is -0.334. The van der Waals surface area contributed by atoms with Crippen molar-refractivity contribution in [2.75, 3.05) is 43.1 Å². The van der Waals surface area contributed by atoms with Crippen LogP contribution in [0.5, 0.6) is 5.75 Å². The van der Waals surface area contributed by atoms with Gasteiger partial charge in [0.15, 0.2) is 11.6 Å². The molecule has 0 amide bonds. The van der Waals surface area contributed by atoms with Crippen molar-refractivity contribution in [3.05, 3.63) is 41.1 Å². The van der Waals surface area contributed by atoms with Gasteiger partial charge in [-0.3, -0.25) is 0 Å². The SMILES string of the molecule is COc1ccc(N2CCN(c3cc(Cl)nc(C4CC4)n3)CC2)cc1F. The molecule has 1 saturated carbocycles. The molecule has 1 aliphatic heterocycles. The average molecular weight is 363 g/mol. The van der Waals surface area contributed by atoms with Gasteiger partial charge in [-0.15, -0.1) is 0 Å². The predicted molar refractivity (Wildman–Crippen MR) is 96.4 cm³/mol. The van der Waals surface area contributed by atoms with Crippen LogP contribution in [0, 0.1) is 5.82 Å². The van der Waals surface area contributed by atoms with E-state index in [1.807, 2.05) is 12.1 Å². The summed E-state index contributed by atoms with van der Waals surface area (Å²) in [7, 11) is 1.47. The zero-order valence-corrected chi connectivity index (χ0v) is 14.8. The molecule has 1 saturated heterocycles. The highest BCUT2D eigenvalue weighted by Crippen LogP contribution is 2.39. The number of rotatable bonds is 4. The van der Waals surface area contributed by atoms with Crippen molar-refractivity contribution in [2.24, 2.45) is 0 Å². The van der Waals surface area contributed by atoms with Gasteiger partial charge in [0.05, 0.1) is 7.11 Å². The van der Waals surface area contributed by atoms with E-state index in [1.165, 1.54) is 13.2 Å². The van der Waals surface area contributed by atoms with Crippen LogP contribution < -0.4 is 14.5 Å². The highest BCUT2D eigenvalue weighted by Gasteiger charge is 2.28. The van der Waals surface area contributed by atoms with Gasteiger partial charge in [-0.2, -0.15) is 0 Å². The molecule has 0 radical (unpaired) electrons. The number of benzene rings is 1. The Morgan fingerprint density at radius 2 is 1.80 bits per heavy atom. The lowest BCUT2D eigenvalue weighted by atomic mass is 10.2. The maximum Gasteiger partial charge on any atom is 0.167 e. The van der Waals surface area contributed by atoms with Gasteiger partial charge in [0, 0.05) is 49.9 Å². The summed E-state index contributed by atoms with van der Waals surface area (Å²) >= 11 is 6.17. The highest BCUT2D eigenvalue weighted by atomic mass is 35.5. The van der Waals surface area contributed by atoms with Crippen LogP contribution in [0.25, 0.3) is 0 Å². The first-order valence-electron chi connectivity index (χ1n) is 8.52. The molecule has 0 bridgehead atoms. The van der Waals surface area contributed by atoms with Crippen molar-refractivity contribution in [3.8, 4) is 5.75 Å². The fourth-order valence-electron chi connectivity index (χ4n) is 3.15. The van der Waals surface area contributed by atoms with Gasteiger partial charge < -0.3 is 14.5 Å². The second-order valence-corrected chi connectivity index (χ2v) is 6.86. The molecule has 0 N–H and O–H groups in total. The fraction of sp³-hybridized carbons (Fsp3) is 0.444. The van der Waals surface area contributed by atoms with Gasteiger partial charge in [-0.25, -0.2) is 14.4 Å². The maximum atomic E-state index is 13.9. The summed E-state index contributed by atoms with van der Waals surface area (Å²) in [6.45, 7) is 3.22. The first-order valence-corrected chi connectivity index (χ1v) is 8.90. The van der Waals surface area contributed by atoms with Gasteiger partial charge in [0.25, 0.3) is 0 Å². The summed E-state index contributed by atoms with van der Waals surface area (Å²) in [5, 5.41) is 0.506. The summed E-state index contributed by atoms with van der Waals surface area (Å²) in [6.07, 6.45) is 2.30. The van der Waals surface area contributed by atoms with Gasteiger partial charge in [0.2, 0.25) is 0 Å². The number of ether oxygens (including phenoxy) is 1. The molecule has 2 fully saturated rings. The minimum absolute atomic E-state index is 0.269. The first kappa shape index (κ1) is 16.4. The molecule has 132 valence electrons. The lowest BCUT2D eigenvalue weighted by Crippen LogP contribution is -2.47. The topological polar surface area (TPSA) is 41.5 Å². The summed E-state index contributed by atoms with van der Waals surface area (Å²) in [4.78, 5) is 13.4. The van der Waals surface area contributed by atoms with Crippen molar-refractivity contribution in [2.45, 2.75) is 18.8 Å². The zero-order valence-electron chi connectivity index (χ0n) is 14.1. The Labute approximate surface area is 151 Å². The van der Waals surface area contributed by atoms with E-state index in [2.05, 4.69) is 19.8 Å². The fourth-order valence-corrected chi connectivity index (χ4v) is 3.34. The van der Waals surface area contributed by atoms with E-state index >= 15 is 0 Å². The monoisotopic (exact) mass is 362 g/mol. The average Bonchev–Trinajstić information content (AvgIpc) is 3.46. The van der Waals surface area contributed by atoms with E-state index in [9.17, 15) is 4.39 Å². The van der Waals surface area contributed by atoms with Crippen LogP contribution >= 0.6 is 11.6 Å². The number of halogens is 2. The number of methoxy groups -OCH3 is 1. The van der Waals surface area contributed by atoms with Crippen molar-refractivity contribution in [1.82, 2.24) is 9.97 Å². The lowest BCUT2D eigenvalue weighted by Gasteiger charge is -2.36. The number of hydrogen-bond acceptors (Lipinski definition) is 5. The molecule has 0 unspecified atom stereocenters. The Balaban J connectivity index is 1.45. The molecule has 5 nitrogen and oxygen atoms in total. The molecule has 2 aromatic rings. The number of piperazine rings is 1. The number of aromatic nitrogens is 2. The highest BCUT2D eigenvalue weighted by molar-refractivity contribution is 6.29. The molecule has 2 aliphatic rings. The van der Waals surface area contributed by atoms with Crippen LogP contribution in [-0.4, -0.2) is 43.3 Å². The van der Waals surface area contributed by atoms with Crippen molar-refractivity contribution in [3.63, 3.8) is 0 Å².